The van der Waals surface area contributed by atoms with Crippen LogP contribution in [-0.4, -0.2) is 17.7 Å². The van der Waals surface area contributed by atoms with Crippen molar-refractivity contribution < 1.29 is 14.6 Å². The lowest BCUT2D eigenvalue weighted by atomic mass is 9.87. The Balaban J connectivity index is 2.54. The summed E-state index contributed by atoms with van der Waals surface area (Å²) in [6, 6.07) is 9.54. The molecule has 1 unspecified atom stereocenters. The van der Waals surface area contributed by atoms with E-state index in [2.05, 4.69) is 0 Å². The van der Waals surface area contributed by atoms with Crippen molar-refractivity contribution in [3.8, 4) is 0 Å². The van der Waals surface area contributed by atoms with E-state index in [4.69, 9.17) is 4.74 Å². The summed E-state index contributed by atoms with van der Waals surface area (Å²) in [7, 11) is 0. The number of hydrogen-bond acceptors (Lipinski definition) is 3. The first-order valence-corrected chi connectivity index (χ1v) is 5.94. The van der Waals surface area contributed by atoms with Crippen molar-refractivity contribution in [1.82, 2.24) is 0 Å². The molecule has 3 nitrogen and oxygen atoms in total. The molecule has 1 atom stereocenters. The third kappa shape index (κ3) is 3.86. The molecule has 1 rings (SSSR count). The van der Waals surface area contributed by atoms with Gasteiger partial charge in [-0.2, -0.15) is 0 Å². The fourth-order valence-corrected chi connectivity index (χ4v) is 1.69. The SMILES string of the molecule is CCCC(C)(CO)C(=O)OCc1ccccc1. The van der Waals surface area contributed by atoms with Gasteiger partial charge in [0.05, 0.1) is 12.0 Å². The van der Waals surface area contributed by atoms with Gasteiger partial charge in [-0.05, 0) is 18.9 Å². The third-order valence-corrected chi connectivity index (χ3v) is 2.86. The van der Waals surface area contributed by atoms with E-state index in [-0.39, 0.29) is 19.2 Å². The van der Waals surface area contributed by atoms with Crippen molar-refractivity contribution >= 4 is 5.97 Å². The van der Waals surface area contributed by atoms with Crippen molar-refractivity contribution in [2.24, 2.45) is 5.41 Å². The molecule has 0 saturated heterocycles. The zero-order chi connectivity index (χ0) is 12.7. The second kappa shape index (κ2) is 6.40. The molecule has 1 aromatic carbocycles. The van der Waals surface area contributed by atoms with Crippen LogP contribution in [0.2, 0.25) is 0 Å². The summed E-state index contributed by atoms with van der Waals surface area (Å²) in [4.78, 5) is 11.9. The number of esters is 1. The number of carbonyl (C=O) groups excluding carboxylic acids is 1. The molecule has 94 valence electrons. The lowest BCUT2D eigenvalue weighted by Crippen LogP contribution is -2.33. The van der Waals surface area contributed by atoms with Crippen molar-refractivity contribution in [2.75, 3.05) is 6.61 Å². The quantitative estimate of drug-likeness (QED) is 0.772. The number of ether oxygens (including phenoxy) is 1. The van der Waals surface area contributed by atoms with Crippen molar-refractivity contribution in [2.45, 2.75) is 33.3 Å². The Morgan fingerprint density at radius 1 is 1.35 bits per heavy atom. The van der Waals surface area contributed by atoms with Crippen LogP contribution in [0.15, 0.2) is 30.3 Å². The van der Waals surface area contributed by atoms with Crippen LogP contribution in [0, 0.1) is 5.41 Å². The maximum atomic E-state index is 11.9. The Bertz CT molecular complexity index is 348. The monoisotopic (exact) mass is 236 g/mol. The Kier molecular flexibility index (Phi) is 5.16. The molecule has 0 aliphatic heterocycles. The summed E-state index contributed by atoms with van der Waals surface area (Å²) in [6.45, 7) is 3.82. The van der Waals surface area contributed by atoms with Crippen LogP contribution in [0.1, 0.15) is 32.3 Å². The Morgan fingerprint density at radius 3 is 2.53 bits per heavy atom. The van der Waals surface area contributed by atoms with Gasteiger partial charge in [-0.1, -0.05) is 43.7 Å². The zero-order valence-electron chi connectivity index (χ0n) is 10.5. The topological polar surface area (TPSA) is 46.5 Å². The standard InChI is InChI=1S/C14H20O3/c1-3-9-14(2,11-15)13(16)17-10-12-7-5-4-6-8-12/h4-8,15H,3,9-11H2,1-2H3. The first kappa shape index (κ1) is 13.7. The maximum Gasteiger partial charge on any atom is 0.314 e. The van der Waals surface area contributed by atoms with Gasteiger partial charge < -0.3 is 9.84 Å². The van der Waals surface area contributed by atoms with Crippen molar-refractivity contribution in [1.29, 1.82) is 0 Å². The summed E-state index contributed by atoms with van der Waals surface area (Å²) in [5, 5.41) is 9.28. The molecule has 0 saturated carbocycles. The molecule has 0 spiro atoms. The molecule has 0 radical (unpaired) electrons. The summed E-state index contributed by atoms with van der Waals surface area (Å²) in [5.41, 5.74) is 0.182. The maximum absolute atomic E-state index is 11.9. The van der Waals surface area contributed by atoms with E-state index in [9.17, 15) is 9.90 Å². The minimum absolute atomic E-state index is 0.172. The first-order chi connectivity index (χ1) is 8.12. The molecule has 0 aromatic heterocycles. The summed E-state index contributed by atoms with van der Waals surface area (Å²) in [6.07, 6.45) is 1.48. The minimum atomic E-state index is -0.774. The molecule has 0 heterocycles. The summed E-state index contributed by atoms with van der Waals surface area (Å²) < 4.78 is 5.24. The molecule has 17 heavy (non-hydrogen) atoms. The van der Waals surface area contributed by atoms with E-state index in [0.717, 1.165) is 12.0 Å². The predicted octanol–water partition coefficient (Wildman–Crippen LogP) is 2.53. The smallest absolute Gasteiger partial charge is 0.314 e. The molecular weight excluding hydrogens is 216 g/mol. The second-order valence-corrected chi connectivity index (χ2v) is 4.53. The number of aliphatic hydroxyl groups excluding tert-OH is 1. The van der Waals surface area contributed by atoms with Gasteiger partial charge in [0.15, 0.2) is 0 Å². The van der Waals surface area contributed by atoms with Crippen LogP contribution < -0.4 is 0 Å². The number of rotatable bonds is 6. The molecule has 0 amide bonds. The van der Waals surface area contributed by atoms with Crippen LogP contribution >= 0.6 is 0 Å². The molecule has 0 aliphatic rings. The molecule has 0 bridgehead atoms. The van der Waals surface area contributed by atoms with Gasteiger partial charge in [0, 0.05) is 0 Å². The van der Waals surface area contributed by atoms with Gasteiger partial charge in [0.2, 0.25) is 0 Å². The van der Waals surface area contributed by atoms with E-state index in [0.29, 0.717) is 6.42 Å². The lowest BCUT2D eigenvalue weighted by molar-refractivity contribution is -0.159. The summed E-state index contributed by atoms with van der Waals surface area (Å²) in [5.74, 6) is -0.328. The molecule has 0 fully saturated rings. The van der Waals surface area contributed by atoms with E-state index < -0.39 is 5.41 Å². The van der Waals surface area contributed by atoms with Gasteiger partial charge in [-0.3, -0.25) is 4.79 Å². The number of aliphatic hydroxyl groups is 1. The van der Waals surface area contributed by atoms with Crippen LogP contribution in [-0.2, 0) is 16.1 Å². The van der Waals surface area contributed by atoms with Crippen molar-refractivity contribution in [3.63, 3.8) is 0 Å². The fraction of sp³-hybridized carbons (Fsp3) is 0.500. The second-order valence-electron chi connectivity index (χ2n) is 4.53. The van der Waals surface area contributed by atoms with Crippen LogP contribution in [0.25, 0.3) is 0 Å². The van der Waals surface area contributed by atoms with Gasteiger partial charge in [-0.25, -0.2) is 0 Å². The molecule has 1 N–H and O–H groups in total. The highest BCUT2D eigenvalue weighted by Gasteiger charge is 2.33. The highest BCUT2D eigenvalue weighted by molar-refractivity contribution is 5.76. The van der Waals surface area contributed by atoms with Crippen LogP contribution in [0.4, 0.5) is 0 Å². The van der Waals surface area contributed by atoms with Gasteiger partial charge in [-0.15, -0.1) is 0 Å². The van der Waals surface area contributed by atoms with Gasteiger partial charge in [0.1, 0.15) is 6.61 Å². The van der Waals surface area contributed by atoms with Gasteiger partial charge >= 0.3 is 5.97 Å². The van der Waals surface area contributed by atoms with E-state index >= 15 is 0 Å². The van der Waals surface area contributed by atoms with Crippen LogP contribution in [0.5, 0.6) is 0 Å². The normalized spacial score (nSPS) is 14.1. The Morgan fingerprint density at radius 2 is 2.00 bits per heavy atom. The molecule has 1 aromatic rings. The highest BCUT2D eigenvalue weighted by atomic mass is 16.5. The average molecular weight is 236 g/mol. The number of benzene rings is 1. The Hall–Kier alpha value is -1.35. The van der Waals surface area contributed by atoms with E-state index in [1.807, 2.05) is 37.3 Å². The fourth-order valence-electron chi connectivity index (χ4n) is 1.69. The number of carbonyl (C=O) groups is 1. The summed E-state index contributed by atoms with van der Waals surface area (Å²) >= 11 is 0. The van der Waals surface area contributed by atoms with E-state index in [1.165, 1.54) is 0 Å². The highest BCUT2D eigenvalue weighted by Crippen LogP contribution is 2.24. The largest absolute Gasteiger partial charge is 0.460 e. The van der Waals surface area contributed by atoms with Crippen molar-refractivity contribution in [3.05, 3.63) is 35.9 Å². The lowest BCUT2D eigenvalue weighted by Gasteiger charge is -2.24. The van der Waals surface area contributed by atoms with Gasteiger partial charge in [0.25, 0.3) is 0 Å². The molecule has 0 aliphatic carbocycles. The molecule has 3 heteroatoms. The minimum Gasteiger partial charge on any atom is -0.460 e. The predicted molar refractivity (Wildman–Crippen MR) is 66.3 cm³/mol. The Labute approximate surface area is 102 Å². The first-order valence-electron chi connectivity index (χ1n) is 5.94. The molecular formula is C14H20O3. The van der Waals surface area contributed by atoms with E-state index in [1.54, 1.807) is 6.92 Å². The zero-order valence-corrected chi connectivity index (χ0v) is 10.5. The van der Waals surface area contributed by atoms with Crippen LogP contribution in [0.3, 0.4) is 0 Å². The average Bonchev–Trinajstić information content (AvgIpc) is 2.37. The number of hydrogen-bond donors (Lipinski definition) is 1. The third-order valence-electron chi connectivity index (χ3n) is 2.86.